The van der Waals surface area contributed by atoms with Gasteiger partial charge in [0.1, 0.15) is 11.3 Å². The first-order valence-corrected chi connectivity index (χ1v) is 10.5. The summed E-state index contributed by atoms with van der Waals surface area (Å²) in [5.74, 6) is 1.92. The number of hydrogen-bond donors (Lipinski definition) is 2. The Morgan fingerprint density at radius 1 is 1.17 bits per heavy atom. The maximum absolute atomic E-state index is 6.03. The second-order valence-corrected chi connectivity index (χ2v) is 7.69. The Labute approximate surface area is 174 Å². The average Bonchev–Trinajstić information content (AvgIpc) is 3.54. The third kappa shape index (κ3) is 2.97. The maximum Gasteiger partial charge on any atom is 0.231 e. The fourth-order valence-electron chi connectivity index (χ4n) is 3.57. The van der Waals surface area contributed by atoms with Crippen molar-refractivity contribution in [2.45, 2.75) is 0 Å². The lowest BCUT2D eigenvalue weighted by atomic mass is 10.2. The van der Waals surface area contributed by atoms with Gasteiger partial charge in [0.15, 0.2) is 11.4 Å². The number of anilines is 3. The number of pyridine rings is 1. The SMILES string of the molecule is c1cnc2oc3c(N4CCOCC4)nc(Nc4cc(-c5ccsc5)n[nH]4)nc3c2c1. The van der Waals surface area contributed by atoms with Crippen LogP contribution in [0.5, 0.6) is 0 Å². The molecule has 0 aliphatic carbocycles. The van der Waals surface area contributed by atoms with Crippen molar-refractivity contribution in [2.24, 2.45) is 0 Å². The summed E-state index contributed by atoms with van der Waals surface area (Å²) in [4.78, 5) is 16.0. The lowest BCUT2D eigenvalue weighted by Gasteiger charge is -2.27. The molecule has 1 aliphatic rings. The van der Waals surface area contributed by atoms with E-state index in [2.05, 4.69) is 30.8 Å². The molecule has 0 atom stereocenters. The molecule has 150 valence electrons. The molecule has 0 bridgehead atoms. The Kier molecular flexibility index (Phi) is 4.10. The smallest absolute Gasteiger partial charge is 0.231 e. The van der Waals surface area contributed by atoms with Gasteiger partial charge in [-0.2, -0.15) is 21.4 Å². The van der Waals surface area contributed by atoms with Crippen LogP contribution in [0.1, 0.15) is 0 Å². The highest BCUT2D eigenvalue weighted by atomic mass is 32.1. The van der Waals surface area contributed by atoms with Crippen molar-refractivity contribution in [2.75, 3.05) is 36.5 Å². The van der Waals surface area contributed by atoms with E-state index in [1.165, 1.54) is 0 Å². The highest BCUT2D eigenvalue weighted by molar-refractivity contribution is 7.08. The second kappa shape index (κ2) is 7.08. The summed E-state index contributed by atoms with van der Waals surface area (Å²) in [7, 11) is 0. The standard InChI is InChI=1S/C20H17N7O2S/c1-2-13-16-17(29-19(13)21-4-1)18(27-5-7-28-8-6-27)24-20(23-16)22-15-10-14(25-26-15)12-3-9-30-11-12/h1-4,9-11H,5-8H2,(H2,22,23,24,25,26). The monoisotopic (exact) mass is 419 g/mol. The van der Waals surface area contributed by atoms with Crippen LogP contribution in [0.25, 0.3) is 33.5 Å². The van der Waals surface area contributed by atoms with Crippen LogP contribution in [0, 0.1) is 0 Å². The molecule has 2 N–H and O–H groups in total. The molecule has 0 spiro atoms. The molecular weight excluding hydrogens is 402 g/mol. The van der Waals surface area contributed by atoms with Gasteiger partial charge in [0, 0.05) is 36.3 Å². The first kappa shape index (κ1) is 17.4. The molecule has 6 rings (SSSR count). The molecule has 0 aromatic carbocycles. The van der Waals surface area contributed by atoms with E-state index in [9.17, 15) is 0 Å². The predicted molar refractivity (Wildman–Crippen MR) is 115 cm³/mol. The normalized spacial score (nSPS) is 14.6. The van der Waals surface area contributed by atoms with Gasteiger partial charge in [-0.1, -0.05) is 0 Å². The Morgan fingerprint density at radius 2 is 2.10 bits per heavy atom. The summed E-state index contributed by atoms with van der Waals surface area (Å²) < 4.78 is 11.5. The first-order chi connectivity index (χ1) is 14.8. The van der Waals surface area contributed by atoms with Gasteiger partial charge in [-0.15, -0.1) is 0 Å². The lowest BCUT2D eigenvalue weighted by molar-refractivity contribution is 0.122. The summed E-state index contributed by atoms with van der Waals surface area (Å²) in [5.41, 5.74) is 3.86. The zero-order chi connectivity index (χ0) is 19.9. The Balaban J connectivity index is 1.44. The van der Waals surface area contributed by atoms with Crippen molar-refractivity contribution in [3.05, 3.63) is 41.2 Å². The summed E-state index contributed by atoms with van der Waals surface area (Å²) >= 11 is 1.64. The molecule has 10 heteroatoms. The molecule has 0 unspecified atom stereocenters. The molecule has 1 saturated heterocycles. The van der Waals surface area contributed by atoms with Crippen LogP contribution >= 0.6 is 11.3 Å². The first-order valence-electron chi connectivity index (χ1n) is 9.58. The van der Waals surface area contributed by atoms with Gasteiger partial charge in [-0.05, 0) is 23.6 Å². The third-order valence-electron chi connectivity index (χ3n) is 5.02. The van der Waals surface area contributed by atoms with Crippen molar-refractivity contribution in [1.82, 2.24) is 25.1 Å². The van der Waals surface area contributed by atoms with E-state index in [0.717, 1.165) is 46.9 Å². The molecule has 1 aliphatic heterocycles. The minimum atomic E-state index is 0.469. The molecule has 1 fully saturated rings. The van der Waals surface area contributed by atoms with E-state index in [1.54, 1.807) is 17.5 Å². The number of aromatic nitrogens is 5. The number of nitrogens with zero attached hydrogens (tertiary/aromatic N) is 5. The number of rotatable bonds is 4. The summed E-state index contributed by atoms with van der Waals surface area (Å²) in [6, 6.07) is 7.81. The fraction of sp³-hybridized carbons (Fsp3) is 0.200. The molecule has 5 aromatic heterocycles. The number of aromatic amines is 1. The number of hydrogen-bond acceptors (Lipinski definition) is 9. The van der Waals surface area contributed by atoms with Gasteiger partial charge < -0.3 is 19.4 Å². The Hall–Kier alpha value is -3.50. The van der Waals surface area contributed by atoms with Crippen molar-refractivity contribution in [3.8, 4) is 11.3 Å². The van der Waals surface area contributed by atoms with E-state index in [4.69, 9.17) is 19.1 Å². The topological polar surface area (TPSA) is 105 Å². The quantitative estimate of drug-likeness (QED) is 0.453. The van der Waals surface area contributed by atoms with Crippen LogP contribution in [-0.4, -0.2) is 51.5 Å². The second-order valence-electron chi connectivity index (χ2n) is 6.91. The van der Waals surface area contributed by atoms with Crippen LogP contribution in [0.15, 0.2) is 45.6 Å². The average molecular weight is 419 g/mol. The van der Waals surface area contributed by atoms with Gasteiger partial charge in [-0.3, -0.25) is 5.10 Å². The number of nitrogens with one attached hydrogen (secondary N) is 2. The number of thiophene rings is 1. The van der Waals surface area contributed by atoms with E-state index in [1.807, 2.05) is 29.6 Å². The number of fused-ring (bicyclic) bond motifs is 3. The maximum atomic E-state index is 6.03. The summed E-state index contributed by atoms with van der Waals surface area (Å²) in [6.07, 6.45) is 1.71. The van der Waals surface area contributed by atoms with Crippen molar-refractivity contribution in [1.29, 1.82) is 0 Å². The minimum absolute atomic E-state index is 0.469. The molecule has 5 aromatic rings. The Morgan fingerprint density at radius 3 is 2.97 bits per heavy atom. The van der Waals surface area contributed by atoms with E-state index in [0.29, 0.717) is 30.5 Å². The van der Waals surface area contributed by atoms with Gasteiger partial charge in [0.25, 0.3) is 0 Å². The number of H-pyrrole nitrogens is 1. The highest BCUT2D eigenvalue weighted by Crippen LogP contribution is 2.34. The third-order valence-corrected chi connectivity index (χ3v) is 5.71. The number of ether oxygens (including phenoxy) is 1. The zero-order valence-electron chi connectivity index (χ0n) is 15.8. The Bertz CT molecular complexity index is 1320. The fourth-order valence-corrected chi connectivity index (χ4v) is 4.22. The number of furan rings is 1. The summed E-state index contributed by atoms with van der Waals surface area (Å²) in [6.45, 7) is 2.78. The molecule has 9 nitrogen and oxygen atoms in total. The van der Waals surface area contributed by atoms with Crippen LogP contribution in [0.4, 0.5) is 17.6 Å². The molecule has 30 heavy (non-hydrogen) atoms. The lowest BCUT2D eigenvalue weighted by Crippen LogP contribution is -2.37. The van der Waals surface area contributed by atoms with Crippen LogP contribution < -0.4 is 10.2 Å². The van der Waals surface area contributed by atoms with E-state index in [-0.39, 0.29) is 0 Å². The van der Waals surface area contributed by atoms with Crippen molar-refractivity contribution in [3.63, 3.8) is 0 Å². The van der Waals surface area contributed by atoms with Crippen molar-refractivity contribution >= 4 is 51.1 Å². The van der Waals surface area contributed by atoms with Crippen LogP contribution in [0.3, 0.4) is 0 Å². The van der Waals surface area contributed by atoms with Crippen LogP contribution in [-0.2, 0) is 4.74 Å². The molecule has 6 heterocycles. The summed E-state index contributed by atoms with van der Waals surface area (Å²) in [5, 5.41) is 15.6. The van der Waals surface area contributed by atoms with Gasteiger partial charge >= 0.3 is 0 Å². The molecule has 0 amide bonds. The van der Waals surface area contributed by atoms with Gasteiger partial charge in [0.2, 0.25) is 11.7 Å². The highest BCUT2D eigenvalue weighted by Gasteiger charge is 2.22. The van der Waals surface area contributed by atoms with Crippen molar-refractivity contribution < 1.29 is 9.15 Å². The largest absolute Gasteiger partial charge is 0.432 e. The van der Waals surface area contributed by atoms with Crippen LogP contribution in [0.2, 0.25) is 0 Å². The van der Waals surface area contributed by atoms with Gasteiger partial charge in [-0.25, -0.2) is 9.97 Å². The molecule has 0 saturated carbocycles. The van der Waals surface area contributed by atoms with E-state index < -0.39 is 0 Å². The molecular formula is C20H17N7O2S. The van der Waals surface area contributed by atoms with E-state index >= 15 is 0 Å². The zero-order valence-corrected chi connectivity index (χ0v) is 16.6. The predicted octanol–water partition coefficient (Wildman–Crippen LogP) is 3.80. The minimum Gasteiger partial charge on any atom is -0.432 e. The van der Waals surface area contributed by atoms with Gasteiger partial charge in [0.05, 0.1) is 24.3 Å². The molecule has 0 radical (unpaired) electrons. The number of morpholine rings is 1.